The van der Waals surface area contributed by atoms with Gasteiger partial charge < -0.3 is 11.5 Å². The molecule has 0 spiro atoms. The van der Waals surface area contributed by atoms with Crippen molar-refractivity contribution in [2.75, 3.05) is 6.54 Å². The van der Waals surface area contributed by atoms with E-state index in [1.54, 1.807) is 0 Å². The molecule has 450 valence electrons. The maximum Gasteiger partial charge on any atom is 0.171 e. The monoisotopic (exact) mass is 1070 g/mol. The zero-order chi connectivity index (χ0) is 55.7. The van der Waals surface area contributed by atoms with Crippen LogP contribution in [0.25, 0.3) is 0 Å². The van der Waals surface area contributed by atoms with Crippen LogP contribution in [-0.2, 0) is 19.2 Å². The Labute approximate surface area is 475 Å². The van der Waals surface area contributed by atoms with Crippen molar-refractivity contribution in [1.29, 1.82) is 0 Å². The number of Topliss-reactive ketones (excluding diaryl/α,β-unsaturated/α-hetero) is 4. The molecule has 0 fully saturated rings. The zero-order valence-electron chi connectivity index (χ0n) is 52.2. The van der Waals surface area contributed by atoms with Crippen LogP contribution in [0.5, 0.6) is 0 Å². The van der Waals surface area contributed by atoms with E-state index in [9.17, 15) is 19.2 Å². The molecule has 0 amide bonds. The van der Waals surface area contributed by atoms with E-state index in [-0.39, 0.29) is 18.1 Å². The molecule has 0 aromatic carbocycles. The quantitative estimate of drug-likeness (QED) is 0.0462. The molecule has 0 aromatic rings. The molecule has 6 nitrogen and oxygen atoms in total. The minimum absolute atomic E-state index is 0.0829. The van der Waals surface area contributed by atoms with Crippen LogP contribution in [-0.4, -0.2) is 35.2 Å². The Morgan fingerprint density at radius 3 is 0.592 bits per heavy atom. The number of unbranched alkanes of at least 4 members (excludes halogenated alkanes) is 50. The lowest BCUT2D eigenvalue weighted by atomic mass is 9.73. The fraction of sp³-hybridized carbons (Fsp3) is 0.943. The SMILES string of the molecule is CCCCCCCCCCCCCCCCCC(=O)C(CCCCCCCCCCCCCC)C(=O)C(N)(CN)C(=O)C(CCCCCCCCCCCCCC)C(=O)CCCCCCCCCCCCCCCCC. The van der Waals surface area contributed by atoms with Crippen molar-refractivity contribution in [3.8, 4) is 0 Å². The van der Waals surface area contributed by atoms with Crippen LogP contribution in [0.2, 0.25) is 0 Å². The summed E-state index contributed by atoms with van der Waals surface area (Å²) in [6.45, 7) is 8.72. The van der Waals surface area contributed by atoms with Crippen LogP contribution in [0.3, 0.4) is 0 Å². The third-order valence-corrected chi connectivity index (χ3v) is 17.4. The molecule has 2 unspecified atom stereocenters. The van der Waals surface area contributed by atoms with Crippen LogP contribution in [0.4, 0.5) is 0 Å². The molecule has 0 saturated heterocycles. The Kier molecular flexibility index (Phi) is 57.2. The highest BCUT2D eigenvalue weighted by Crippen LogP contribution is 2.28. The van der Waals surface area contributed by atoms with Crippen molar-refractivity contribution >= 4 is 23.1 Å². The molecule has 6 heteroatoms. The van der Waals surface area contributed by atoms with Gasteiger partial charge in [-0.3, -0.25) is 19.2 Å². The summed E-state index contributed by atoms with van der Waals surface area (Å²) in [4.78, 5) is 58.1. The second kappa shape index (κ2) is 58.3. The van der Waals surface area contributed by atoms with E-state index < -0.39 is 28.9 Å². The standard InChI is InChI=1S/C70H136N2O4/c1-5-9-13-17-21-25-29-33-35-37-41-45-49-53-57-61-66(73)64(59-55-51-47-43-39-31-27-23-19-15-11-7-3)68(75)70(72,63-71)69(76)65(60-56-52-48-44-40-32-28-24-20-16-12-8-4)67(74)62-58-54-50-46-42-38-36-34-30-26-22-18-14-10-6-2/h64-65H,5-63,71-72H2,1-4H3. The first kappa shape index (κ1) is 74.6. The van der Waals surface area contributed by atoms with Crippen LogP contribution in [0, 0.1) is 11.8 Å². The summed E-state index contributed by atoms with van der Waals surface area (Å²) in [6.07, 6.45) is 68.0. The molecule has 0 rings (SSSR count). The third kappa shape index (κ3) is 44.4. The highest BCUT2D eigenvalue weighted by atomic mass is 16.2. The van der Waals surface area contributed by atoms with Gasteiger partial charge in [0.25, 0.3) is 0 Å². The number of carbonyl (C=O) groups is 4. The van der Waals surface area contributed by atoms with Crippen molar-refractivity contribution < 1.29 is 19.2 Å². The number of carbonyl (C=O) groups excluding carboxylic acids is 4. The summed E-state index contributed by atoms with van der Waals surface area (Å²) in [5.74, 6) is -3.08. The molecule has 0 aliphatic rings. The summed E-state index contributed by atoms with van der Waals surface area (Å²) in [5, 5.41) is 0. The van der Waals surface area contributed by atoms with Gasteiger partial charge >= 0.3 is 0 Å². The lowest BCUT2D eigenvalue weighted by Crippen LogP contribution is -2.65. The van der Waals surface area contributed by atoms with Gasteiger partial charge in [0, 0.05) is 19.4 Å². The molecule has 0 saturated carbocycles. The van der Waals surface area contributed by atoms with Gasteiger partial charge in [-0.2, -0.15) is 0 Å². The first-order valence-corrected chi connectivity index (χ1v) is 34.9. The molecule has 0 heterocycles. The minimum Gasteiger partial charge on any atom is -0.328 e. The number of nitrogens with two attached hydrogens (primary N) is 2. The van der Waals surface area contributed by atoms with Crippen molar-refractivity contribution in [2.45, 2.75) is 406 Å². The molecule has 0 aliphatic carbocycles. The van der Waals surface area contributed by atoms with E-state index in [0.717, 1.165) is 77.0 Å². The molecular formula is C70H136N2O4. The first-order valence-electron chi connectivity index (χ1n) is 34.9. The highest BCUT2D eigenvalue weighted by molar-refractivity contribution is 6.22. The van der Waals surface area contributed by atoms with Gasteiger partial charge in [-0.05, 0) is 25.7 Å². The lowest BCUT2D eigenvalue weighted by molar-refractivity contribution is -0.143. The van der Waals surface area contributed by atoms with Crippen molar-refractivity contribution in [3.05, 3.63) is 0 Å². The zero-order valence-corrected chi connectivity index (χ0v) is 52.2. The average molecular weight is 1070 g/mol. The summed E-state index contributed by atoms with van der Waals surface area (Å²) >= 11 is 0. The van der Waals surface area contributed by atoms with Crippen LogP contribution in [0.1, 0.15) is 400 Å². The molecule has 0 radical (unpaired) electrons. The third-order valence-electron chi connectivity index (χ3n) is 17.4. The van der Waals surface area contributed by atoms with Crippen LogP contribution >= 0.6 is 0 Å². The Morgan fingerprint density at radius 2 is 0.421 bits per heavy atom. The van der Waals surface area contributed by atoms with Crippen molar-refractivity contribution in [3.63, 3.8) is 0 Å². The maximum absolute atomic E-state index is 14.8. The van der Waals surface area contributed by atoms with E-state index in [1.165, 1.54) is 270 Å². The summed E-state index contributed by atoms with van der Waals surface area (Å²) < 4.78 is 0. The van der Waals surface area contributed by atoms with Crippen molar-refractivity contribution in [2.24, 2.45) is 23.3 Å². The maximum atomic E-state index is 14.8. The molecule has 0 bridgehead atoms. The Bertz CT molecular complexity index is 1180. The Hall–Kier alpha value is -1.40. The first-order chi connectivity index (χ1) is 37.2. The molecule has 4 N–H and O–H groups in total. The van der Waals surface area contributed by atoms with E-state index in [0.29, 0.717) is 25.7 Å². The fourth-order valence-electron chi connectivity index (χ4n) is 11.9. The topological polar surface area (TPSA) is 120 Å². The van der Waals surface area contributed by atoms with E-state index in [1.807, 2.05) is 0 Å². The molecule has 76 heavy (non-hydrogen) atoms. The van der Waals surface area contributed by atoms with Gasteiger partial charge in [0.15, 0.2) is 11.6 Å². The molecule has 0 aromatic heterocycles. The van der Waals surface area contributed by atoms with Gasteiger partial charge in [0.05, 0.1) is 11.8 Å². The predicted octanol–water partition coefficient (Wildman–Crippen LogP) is 21.9. The smallest absolute Gasteiger partial charge is 0.171 e. The molecule has 0 aliphatic heterocycles. The summed E-state index contributed by atoms with van der Waals surface area (Å²) in [6, 6.07) is 0. The highest BCUT2D eigenvalue weighted by Gasteiger charge is 2.49. The predicted molar refractivity (Wildman–Crippen MR) is 333 cm³/mol. The lowest BCUT2D eigenvalue weighted by Gasteiger charge is -2.32. The van der Waals surface area contributed by atoms with Gasteiger partial charge in [0.2, 0.25) is 0 Å². The van der Waals surface area contributed by atoms with E-state index in [4.69, 9.17) is 11.5 Å². The number of hydrogen-bond acceptors (Lipinski definition) is 6. The second-order valence-electron chi connectivity index (χ2n) is 24.7. The largest absolute Gasteiger partial charge is 0.328 e. The number of rotatable bonds is 65. The van der Waals surface area contributed by atoms with Gasteiger partial charge in [-0.25, -0.2) is 0 Å². The van der Waals surface area contributed by atoms with Crippen LogP contribution < -0.4 is 11.5 Å². The average Bonchev–Trinajstić information content (AvgIpc) is 3.43. The van der Waals surface area contributed by atoms with E-state index >= 15 is 0 Å². The fourth-order valence-corrected chi connectivity index (χ4v) is 11.9. The van der Waals surface area contributed by atoms with Crippen LogP contribution in [0.15, 0.2) is 0 Å². The molecular weight excluding hydrogens is 933 g/mol. The number of ketones is 4. The molecule has 2 atom stereocenters. The van der Waals surface area contributed by atoms with E-state index in [2.05, 4.69) is 27.7 Å². The second-order valence-corrected chi connectivity index (χ2v) is 24.7. The Balaban J connectivity index is 5.59. The van der Waals surface area contributed by atoms with Gasteiger partial charge in [0.1, 0.15) is 17.1 Å². The number of hydrogen-bond donors (Lipinski definition) is 2. The summed E-state index contributed by atoms with van der Waals surface area (Å²) in [5.41, 5.74) is 11.4. The summed E-state index contributed by atoms with van der Waals surface area (Å²) in [7, 11) is 0. The van der Waals surface area contributed by atoms with Gasteiger partial charge in [-0.1, -0.05) is 362 Å². The normalized spacial score (nSPS) is 13.3. The van der Waals surface area contributed by atoms with Gasteiger partial charge in [-0.15, -0.1) is 0 Å². The van der Waals surface area contributed by atoms with Crippen molar-refractivity contribution in [1.82, 2.24) is 0 Å². The minimum atomic E-state index is -2.03. The Morgan fingerprint density at radius 1 is 0.263 bits per heavy atom.